The van der Waals surface area contributed by atoms with E-state index in [0.29, 0.717) is 16.6 Å². The summed E-state index contributed by atoms with van der Waals surface area (Å²) in [7, 11) is 0. The molecule has 1 fully saturated rings. The van der Waals surface area contributed by atoms with Gasteiger partial charge in [0, 0.05) is 12.2 Å². The van der Waals surface area contributed by atoms with Gasteiger partial charge >= 0.3 is 0 Å². The monoisotopic (exact) mass is 235 g/mol. The molecule has 2 rings (SSSR count). The lowest BCUT2D eigenvalue weighted by molar-refractivity contribution is 0.462. The van der Waals surface area contributed by atoms with Crippen LogP contribution in [-0.4, -0.2) is 11.0 Å². The molecular formula is C12H14ClN3. The van der Waals surface area contributed by atoms with E-state index >= 15 is 0 Å². The van der Waals surface area contributed by atoms with Gasteiger partial charge < -0.3 is 5.32 Å². The van der Waals surface area contributed by atoms with Gasteiger partial charge in [-0.05, 0) is 12.8 Å². The zero-order chi connectivity index (χ0) is 11.4. The normalized spacial score (nSPS) is 16.8. The number of halogens is 1. The maximum Gasteiger partial charge on any atom is 0.103 e. The average molecular weight is 236 g/mol. The second kappa shape index (κ2) is 5.18. The molecule has 1 aliphatic carbocycles. The van der Waals surface area contributed by atoms with Gasteiger partial charge in [-0.25, -0.2) is 0 Å². The van der Waals surface area contributed by atoms with Crippen LogP contribution in [-0.2, 0) is 0 Å². The topological polar surface area (TPSA) is 48.7 Å². The molecule has 1 heterocycles. The highest BCUT2D eigenvalue weighted by molar-refractivity contribution is 6.32. The summed E-state index contributed by atoms with van der Waals surface area (Å²) in [6.45, 7) is 0. The third-order valence-corrected chi connectivity index (χ3v) is 3.26. The first-order valence-corrected chi connectivity index (χ1v) is 5.99. The van der Waals surface area contributed by atoms with Crippen LogP contribution in [0.5, 0.6) is 0 Å². The van der Waals surface area contributed by atoms with Crippen LogP contribution in [0.15, 0.2) is 12.4 Å². The van der Waals surface area contributed by atoms with Gasteiger partial charge in [-0.1, -0.05) is 30.9 Å². The van der Waals surface area contributed by atoms with E-state index in [2.05, 4.69) is 16.4 Å². The highest BCUT2D eigenvalue weighted by atomic mass is 35.5. The molecule has 1 N–H and O–H groups in total. The van der Waals surface area contributed by atoms with Crippen molar-refractivity contribution in [3.63, 3.8) is 0 Å². The van der Waals surface area contributed by atoms with Crippen molar-refractivity contribution in [2.45, 2.75) is 38.1 Å². The summed E-state index contributed by atoms with van der Waals surface area (Å²) in [4.78, 5) is 4.01. The van der Waals surface area contributed by atoms with Gasteiger partial charge in [0.2, 0.25) is 0 Å². The van der Waals surface area contributed by atoms with E-state index in [-0.39, 0.29) is 0 Å². The molecule has 0 spiro atoms. The van der Waals surface area contributed by atoms with Gasteiger partial charge in [0.05, 0.1) is 22.5 Å². The fraction of sp³-hybridized carbons (Fsp3) is 0.500. The molecule has 0 atom stereocenters. The Bertz CT molecular complexity index is 405. The first kappa shape index (κ1) is 11.2. The molecule has 0 bridgehead atoms. The summed E-state index contributed by atoms with van der Waals surface area (Å²) in [6.07, 6.45) is 9.35. The Labute approximate surface area is 100 Å². The molecule has 1 aromatic rings. The third-order valence-electron chi connectivity index (χ3n) is 2.98. The fourth-order valence-electron chi connectivity index (χ4n) is 2.12. The van der Waals surface area contributed by atoms with Crippen molar-refractivity contribution >= 4 is 17.3 Å². The maximum absolute atomic E-state index is 9.03. The van der Waals surface area contributed by atoms with Crippen LogP contribution in [0, 0.1) is 11.3 Å². The first-order valence-electron chi connectivity index (χ1n) is 5.61. The highest BCUT2D eigenvalue weighted by Crippen LogP contribution is 2.26. The zero-order valence-corrected chi connectivity index (χ0v) is 9.80. The SMILES string of the molecule is N#Cc1c(Cl)cncc1NC1CCCCC1. The van der Waals surface area contributed by atoms with Crippen molar-refractivity contribution in [3.05, 3.63) is 23.0 Å². The number of aromatic nitrogens is 1. The van der Waals surface area contributed by atoms with Crippen molar-refractivity contribution in [3.8, 4) is 6.07 Å². The largest absolute Gasteiger partial charge is 0.380 e. The average Bonchev–Trinajstić information content (AvgIpc) is 2.31. The van der Waals surface area contributed by atoms with Crippen LogP contribution in [0.1, 0.15) is 37.7 Å². The Kier molecular flexibility index (Phi) is 3.63. The molecule has 1 aromatic heterocycles. The lowest BCUT2D eigenvalue weighted by Gasteiger charge is -2.24. The molecule has 4 heteroatoms. The second-order valence-corrected chi connectivity index (χ2v) is 4.54. The Hall–Kier alpha value is -1.27. The van der Waals surface area contributed by atoms with E-state index in [9.17, 15) is 0 Å². The first-order chi connectivity index (χ1) is 7.81. The van der Waals surface area contributed by atoms with Crippen LogP contribution < -0.4 is 5.32 Å². The molecular weight excluding hydrogens is 222 g/mol. The molecule has 0 aromatic carbocycles. The van der Waals surface area contributed by atoms with Crippen LogP contribution in [0.3, 0.4) is 0 Å². The van der Waals surface area contributed by atoms with Crippen LogP contribution in [0.2, 0.25) is 5.02 Å². The van der Waals surface area contributed by atoms with E-state index in [1.165, 1.54) is 25.5 Å². The zero-order valence-electron chi connectivity index (χ0n) is 9.04. The molecule has 1 saturated carbocycles. The number of hydrogen-bond donors (Lipinski definition) is 1. The predicted octanol–water partition coefficient (Wildman–Crippen LogP) is 3.35. The summed E-state index contributed by atoms with van der Waals surface area (Å²) < 4.78 is 0. The number of anilines is 1. The van der Waals surface area contributed by atoms with E-state index in [4.69, 9.17) is 16.9 Å². The summed E-state index contributed by atoms with van der Waals surface area (Å²) >= 11 is 5.92. The molecule has 84 valence electrons. The Morgan fingerprint density at radius 3 is 2.75 bits per heavy atom. The van der Waals surface area contributed by atoms with Crippen molar-refractivity contribution in [2.24, 2.45) is 0 Å². The molecule has 0 unspecified atom stereocenters. The third kappa shape index (κ3) is 2.45. The van der Waals surface area contributed by atoms with Crippen LogP contribution in [0.4, 0.5) is 5.69 Å². The van der Waals surface area contributed by atoms with E-state index in [1.807, 2.05) is 0 Å². The number of nitriles is 1. The molecule has 1 aliphatic rings. The summed E-state index contributed by atoms with van der Waals surface area (Å²) in [5, 5.41) is 12.8. The molecule has 0 saturated heterocycles. The Morgan fingerprint density at radius 2 is 2.06 bits per heavy atom. The van der Waals surface area contributed by atoms with Gasteiger partial charge in [-0.2, -0.15) is 5.26 Å². The lowest BCUT2D eigenvalue weighted by Crippen LogP contribution is -2.22. The molecule has 0 radical (unpaired) electrons. The maximum atomic E-state index is 9.03. The van der Waals surface area contributed by atoms with Crippen molar-refractivity contribution < 1.29 is 0 Å². The minimum Gasteiger partial charge on any atom is -0.380 e. The molecule has 0 amide bonds. The van der Waals surface area contributed by atoms with Crippen molar-refractivity contribution in [1.82, 2.24) is 4.98 Å². The van der Waals surface area contributed by atoms with Gasteiger partial charge in [-0.3, -0.25) is 4.98 Å². The van der Waals surface area contributed by atoms with Crippen LogP contribution in [0.25, 0.3) is 0 Å². The van der Waals surface area contributed by atoms with Crippen LogP contribution >= 0.6 is 11.6 Å². The second-order valence-electron chi connectivity index (χ2n) is 4.13. The standard InChI is InChI=1S/C12H14ClN3/c13-11-7-15-8-12(10(11)6-14)16-9-4-2-1-3-5-9/h7-9,16H,1-5H2. The molecule has 16 heavy (non-hydrogen) atoms. The quantitative estimate of drug-likeness (QED) is 0.855. The minimum absolute atomic E-state index is 0.420. The minimum atomic E-state index is 0.420. The lowest BCUT2D eigenvalue weighted by atomic mass is 9.95. The number of nitrogens with one attached hydrogen (secondary N) is 1. The van der Waals surface area contributed by atoms with Gasteiger partial charge in [0.1, 0.15) is 6.07 Å². The molecule has 3 nitrogen and oxygen atoms in total. The van der Waals surface area contributed by atoms with E-state index in [0.717, 1.165) is 18.5 Å². The summed E-state index contributed by atoms with van der Waals surface area (Å²) in [6, 6.07) is 2.58. The van der Waals surface area contributed by atoms with Gasteiger partial charge in [-0.15, -0.1) is 0 Å². The number of pyridine rings is 1. The number of rotatable bonds is 2. The molecule has 0 aliphatic heterocycles. The van der Waals surface area contributed by atoms with Gasteiger partial charge in [0.15, 0.2) is 0 Å². The smallest absolute Gasteiger partial charge is 0.103 e. The van der Waals surface area contributed by atoms with Gasteiger partial charge in [0.25, 0.3) is 0 Å². The van der Waals surface area contributed by atoms with Crippen molar-refractivity contribution in [1.29, 1.82) is 5.26 Å². The summed E-state index contributed by atoms with van der Waals surface area (Å²) in [5.41, 5.74) is 1.27. The Morgan fingerprint density at radius 1 is 1.31 bits per heavy atom. The number of hydrogen-bond acceptors (Lipinski definition) is 3. The summed E-state index contributed by atoms with van der Waals surface area (Å²) in [5.74, 6) is 0. The van der Waals surface area contributed by atoms with E-state index < -0.39 is 0 Å². The highest BCUT2D eigenvalue weighted by Gasteiger charge is 2.15. The fourth-order valence-corrected chi connectivity index (χ4v) is 2.33. The van der Waals surface area contributed by atoms with E-state index in [1.54, 1.807) is 6.20 Å². The number of nitrogens with zero attached hydrogens (tertiary/aromatic N) is 2. The Balaban J connectivity index is 2.14. The predicted molar refractivity (Wildman–Crippen MR) is 64.5 cm³/mol. The van der Waals surface area contributed by atoms with Crippen molar-refractivity contribution in [2.75, 3.05) is 5.32 Å².